The second-order valence-corrected chi connectivity index (χ2v) is 6.13. The molecule has 1 aromatic carbocycles. The third-order valence-corrected chi connectivity index (χ3v) is 4.59. The summed E-state index contributed by atoms with van der Waals surface area (Å²) in [6.07, 6.45) is 2.20. The van der Waals surface area contributed by atoms with Crippen molar-refractivity contribution in [2.24, 2.45) is 0 Å². The molecular weight excluding hydrogens is 308 g/mol. The molecule has 2 rings (SSSR count). The summed E-state index contributed by atoms with van der Waals surface area (Å²) in [5.74, 6) is 0. The number of aliphatic hydroxyl groups excluding tert-OH is 1. The lowest BCUT2D eigenvalue weighted by molar-refractivity contribution is 0.101. The van der Waals surface area contributed by atoms with Crippen LogP contribution in [-0.4, -0.2) is 32.5 Å². The molecule has 0 radical (unpaired) electrons. The summed E-state index contributed by atoms with van der Waals surface area (Å²) < 4.78 is 11.5. The number of fused-ring (bicyclic) bond motifs is 1. The highest BCUT2D eigenvalue weighted by molar-refractivity contribution is 9.10. The van der Waals surface area contributed by atoms with Gasteiger partial charge >= 0.3 is 0 Å². The van der Waals surface area contributed by atoms with E-state index in [9.17, 15) is 5.11 Å². The van der Waals surface area contributed by atoms with Gasteiger partial charge in [-0.05, 0) is 42.5 Å². The van der Waals surface area contributed by atoms with Crippen LogP contribution in [0.4, 0.5) is 0 Å². The van der Waals surface area contributed by atoms with E-state index in [-0.39, 0.29) is 11.5 Å². The largest absolute Gasteiger partial charge is 0.388 e. The topological polar surface area (TPSA) is 38.7 Å². The van der Waals surface area contributed by atoms with Crippen molar-refractivity contribution in [2.75, 3.05) is 27.4 Å². The van der Waals surface area contributed by atoms with E-state index in [0.717, 1.165) is 29.3 Å². The minimum Gasteiger partial charge on any atom is -0.388 e. The Balaban J connectivity index is 2.34. The van der Waals surface area contributed by atoms with Gasteiger partial charge in [0.15, 0.2) is 0 Å². The smallest absolute Gasteiger partial charge is 0.0801 e. The zero-order valence-corrected chi connectivity index (χ0v) is 13.1. The average molecular weight is 329 g/mol. The van der Waals surface area contributed by atoms with Crippen LogP contribution in [0, 0.1) is 0 Å². The summed E-state index contributed by atoms with van der Waals surface area (Å²) >= 11 is 3.47. The second kappa shape index (κ2) is 6.35. The van der Waals surface area contributed by atoms with E-state index in [1.807, 2.05) is 12.1 Å². The number of aliphatic hydroxyl groups is 1. The first-order valence-electron chi connectivity index (χ1n) is 6.59. The summed E-state index contributed by atoms with van der Waals surface area (Å²) in [7, 11) is 3.44. The molecule has 1 N–H and O–H groups in total. The van der Waals surface area contributed by atoms with E-state index in [0.29, 0.717) is 13.2 Å². The van der Waals surface area contributed by atoms with Gasteiger partial charge in [-0.25, -0.2) is 0 Å². The van der Waals surface area contributed by atoms with Crippen molar-refractivity contribution in [3.63, 3.8) is 0 Å². The number of benzene rings is 1. The molecule has 0 aromatic heterocycles. The van der Waals surface area contributed by atoms with Gasteiger partial charge in [0.1, 0.15) is 0 Å². The predicted octanol–water partition coefficient (Wildman–Crippen LogP) is 3.20. The maximum Gasteiger partial charge on any atom is 0.0801 e. The van der Waals surface area contributed by atoms with Crippen LogP contribution in [0.1, 0.15) is 36.5 Å². The number of halogens is 1. The molecule has 0 aliphatic heterocycles. The molecule has 0 bridgehead atoms. The predicted molar refractivity (Wildman–Crippen MR) is 78.4 cm³/mol. The van der Waals surface area contributed by atoms with E-state index in [2.05, 4.69) is 22.0 Å². The van der Waals surface area contributed by atoms with E-state index in [1.54, 1.807) is 14.2 Å². The van der Waals surface area contributed by atoms with Crippen LogP contribution in [0.15, 0.2) is 22.7 Å². The van der Waals surface area contributed by atoms with Gasteiger partial charge in [-0.3, -0.25) is 0 Å². The van der Waals surface area contributed by atoms with Crippen molar-refractivity contribution in [1.29, 1.82) is 0 Å². The van der Waals surface area contributed by atoms with Crippen LogP contribution in [-0.2, 0) is 14.9 Å². The quantitative estimate of drug-likeness (QED) is 0.871. The molecule has 4 heteroatoms. The summed E-state index contributed by atoms with van der Waals surface area (Å²) in [5.41, 5.74) is 2.26. The number of hydrogen-bond acceptors (Lipinski definition) is 3. The summed E-state index contributed by atoms with van der Waals surface area (Å²) in [5, 5.41) is 10.3. The number of hydrogen-bond donors (Lipinski definition) is 1. The van der Waals surface area contributed by atoms with Gasteiger partial charge in [-0.1, -0.05) is 22.0 Å². The van der Waals surface area contributed by atoms with Crippen LogP contribution >= 0.6 is 15.9 Å². The van der Waals surface area contributed by atoms with E-state index < -0.39 is 0 Å². The Morgan fingerprint density at radius 2 is 1.89 bits per heavy atom. The molecule has 0 saturated carbocycles. The van der Waals surface area contributed by atoms with Gasteiger partial charge < -0.3 is 14.6 Å². The molecule has 1 aliphatic carbocycles. The van der Waals surface area contributed by atoms with Crippen molar-refractivity contribution < 1.29 is 14.6 Å². The van der Waals surface area contributed by atoms with Crippen LogP contribution in [0.25, 0.3) is 0 Å². The lowest BCUT2D eigenvalue weighted by atomic mass is 9.76. The molecule has 0 spiro atoms. The maximum absolute atomic E-state index is 10.3. The zero-order valence-electron chi connectivity index (χ0n) is 11.5. The molecule has 0 saturated heterocycles. The average Bonchev–Trinajstić information content (AvgIpc) is 2.67. The van der Waals surface area contributed by atoms with E-state index in [4.69, 9.17) is 9.47 Å². The standard InChI is InChI=1S/C15H21BrO3/c1-18-7-5-15(6-8-19-2)10-14(17)12-9-11(16)3-4-13(12)15/h3-4,9,14,17H,5-8,10H2,1-2H3. The Morgan fingerprint density at radius 3 is 2.47 bits per heavy atom. The minimum atomic E-state index is -0.388. The van der Waals surface area contributed by atoms with Gasteiger partial charge in [-0.15, -0.1) is 0 Å². The van der Waals surface area contributed by atoms with Crippen molar-refractivity contribution in [3.8, 4) is 0 Å². The molecular formula is C15H21BrO3. The Bertz CT molecular complexity index is 425. The van der Waals surface area contributed by atoms with Gasteiger partial charge in [0, 0.05) is 37.3 Å². The monoisotopic (exact) mass is 328 g/mol. The SMILES string of the molecule is COCCC1(CCOC)CC(O)c2cc(Br)ccc21. The number of ether oxygens (including phenoxy) is 2. The normalized spacial score (nSPS) is 20.5. The van der Waals surface area contributed by atoms with Crippen LogP contribution < -0.4 is 0 Å². The molecule has 3 nitrogen and oxygen atoms in total. The zero-order chi connectivity index (χ0) is 13.9. The molecule has 0 amide bonds. The van der Waals surface area contributed by atoms with Crippen LogP contribution in [0.5, 0.6) is 0 Å². The van der Waals surface area contributed by atoms with Crippen molar-refractivity contribution in [1.82, 2.24) is 0 Å². The van der Waals surface area contributed by atoms with E-state index >= 15 is 0 Å². The highest BCUT2D eigenvalue weighted by Crippen LogP contribution is 2.49. The number of rotatable bonds is 6. The molecule has 1 atom stereocenters. The fourth-order valence-electron chi connectivity index (χ4n) is 3.08. The van der Waals surface area contributed by atoms with Crippen molar-refractivity contribution in [3.05, 3.63) is 33.8 Å². The lowest BCUT2D eigenvalue weighted by Gasteiger charge is -2.30. The maximum atomic E-state index is 10.3. The minimum absolute atomic E-state index is 0.0263. The van der Waals surface area contributed by atoms with E-state index in [1.165, 1.54) is 5.56 Å². The third-order valence-electron chi connectivity index (χ3n) is 4.10. The van der Waals surface area contributed by atoms with Gasteiger partial charge in [0.25, 0.3) is 0 Å². The van der Waals surface area contributed by atoms with Gasteiger partial charge in [0.2, 0.25) is 0 Å². The Hall–Kier alpha value is -0.420. The third kappa shape index (κ3) is 3.02. The first kappa shape index (κ1) is 15.0. The first-order valence-corrected chi connectivity index (χ1v) is 7.38. The lowest BCUT2D eigenvalue weighted by Crippen LogP contribution is -2.27. The fraction of sp³-hybridized carbons (Fsp3) is 0.600. The van der Waals surface area contributed by atoms with Crippen molar-refractivity contribution >= 4 is 15.9 Å². The van der Waals surface area contributed by atoms with Crippen LogP contribution in [0.2, 0.25) is 0 Å². The molecule has 0 fully saturated rings. The molecule has 19 heavy (non-hydrogen) atoms. The second-order valence-electron chi connectivity index (χ2n) is 5.22. The van der Waals surface area contributed by atoms with Gasteiger partial charge in [0.05, 0.1) is 6.10 Å². The van der Waals surface area contributed by atoms with Crippen LogP contribution in [0.3, 0.4) is 0 Å². The molecule has 0 heterocycles. The highest BCUT2D eigenvalue weighted by Gasteiger charge is 2.42. The summed E-state index contributed by atoms with van der Waals surface area (Å²) in [6.45, 7) is 1.40. The highest BCUT2D eigenvalue weighted by atomic mass is 79.9. The Morgan fingerprint density at radius 1 is 1.26 bits per heavy atom. The Labute approximate surface area is 123 Å². The fourth-order valence-corrected chi connectivity index (χ4v) is 3.45. The molecule has 1 aliphatic rings. The number of methoxy groups -OCH3 is 2. The Kier molecular flexibility index (Phi) is 5.01. The molecule has 1 aromatic rings. The molecule has 106 valence electrons. The summed E-state index contributed by atoms with van der Waals surface area (Å²) in [6, 6.07) is 6.20. The summed E-state index contributed by atoms with van der Waals surface area (Å²) in [4.78, 5) is 0. The molecule has 1 unspecified atom stereocenters. The van der Waals surface area contributed by atoms with Gasteiger partial charge in [-0.2, -0.15) is 0 Å². The van der Waals surface area contributed by atoms with Crippen molar-refractivity contribution in [2.45, 2.75) is 30.8 Å². The first-order chi connectivity index (χ1) is 9.13.